The second kappa shape index (κ2) is 21.0. The molecule has 0 bridgehead atoms. The van der Waals surface area contributed by atoms with E-state index in [2.05, 4.69) is 59.6 Å². The number of ether oxygens (including phenoxy) is 5. The molecule has 11 rings (SSSR count). The molecule has 14 heteroatoms. The number of aromatic nitrogens is 6. The molecule has 14 nitrogen and oxygen atoms in total. The van der Waals surface area contributed by atoms with Gasteiger partial charge in [0, 0.05) is 52.7 Å². The molecule has 1 aliphatic heterocycles. The molecule has 0 spiro atoms. The van der Waals surface area contributed by atoms with Crippen LogP contribution < -0.4 is 24.8 Å². The molecule has 1 saturated heterocycles. The van der Waals surface area contributed by atoms with Crippen molar-refractivity contribution in [1.82, 2.24) is 29.1 Å². The first-order valence-electron chi connectivity index (χ1n) is 25.3. The van der Waals surface area contributed by atoms with E-state index < -0.39 is 11.7 Å². The SMILES string of the molecule is CC(C)(C)OC(=O)N(CCCOc1ccc2c(c1)ncn2-c1ccc2cccc(-c3ccc(OC4CCCCO4)cc3)c2n1)c1ccc(-c2cccc3ccc(-n4cnc5cc(OCCCN)ccc54)nc23)cc1. The van der Waals surface area contributed by atoms with Crippen LogP contribution in [0.2, 0.25) is 0 Å². The third-order valence-corrected chi connectivity index (χ3v) is 13.0. The Hall–Kier alpha value is -8.33. The summed E-state index contributed by atoms with van der Waals surface area (Å²) in [5.74, 6) is 3.73. The number of pyridine rings is 2. The molecule has 1 aliphatic rings. The van der Waals surface area contributed by atoms with Crippen molar-refractivity contribution in [3.05, 3.63) is 158 Å². The highest BCUT2D eigenvalue weighted by atomic mass is 16.7. The van der Waals surface area contributed by atoms with Crippen molar-refractivity contribution in [2.24, 2.45) is 5.73 Å². The summed E-state index contributed by atoms with van der Waals surface area (Å²) >= 11 is 0. The van der Waals surface area contributed by atoms with Crippen molar-refractivity contribution >= 4 is 55.7 Å². The van der Waals surface area contributed by atoms with Crippen LogP contribution >= 0.6 is 0 Å². The number of para-hydroxylation sites is 2. The third-order valence-electron chi connectivity index (χ3n) is 13.0. The highest BCUT2D eigenvalue weighted by Gasteiger charge is 2.24. The van der Waals surface area contributed by atoms with Gasteiger partial charge < -0.3 is 29.4 Å². The van der Waals surface area contributed by atoms with Crippen LogP contribution in [0.15, 0.2) is 158 Å². The van der Waals surface area contributed by atoms with E-state index in [0.717, 1.165) is 122 Å². The lowest BCUT2D eigenvalue weighted by atomic mass is 10.0. The number of anilines is 1. The topological polar surface area (TPSA) is 154 Å². The minimum absolute atomic E-state index is 0.194. The molecule has 0 saturated carbocycles. The van der Waals surface area contributed by atoms with Crippen LogP contribution in [-0.2, 0) is 9.47 Å². The molecular weight excluding hydrogens is 929 g/mol. The highest BCUT2D eigenvalue weighted by Crippen LogP contribution is 2.34. The molecule has 1 fully saturated rings. The van der Waals surface area contributed by atoms with Crippen LogP contribution in [0.1, 0.15) is 52.9 Å². The quantitative estimate of drug-likeness (QED) is 0.0920. The molecule has 2 N–H and O–H groups in total. The van der Waals surface area contributed by atoms with Gasteiger partial charge in [0.1, 0.15) is 47.1 Å². The van der Waals surface area contributed by atoms with Crippen LogP contribution in [0.4, 0.5) is 10.5 Å². The van der Waals surface area contributed by atoms with Crippen molar-refractivity contribution < 1.29 is 28.5 Å². The first-order chi connectivity index (χ1) is 36.1. The third kappa shape index (κ3) is 10.5. The summed E-state index contributed by atoms with van der Waals surface area (Å²) in [5.41, 5.74) is 14.8. The maximum absolute atomic E-state index is 13.8. The van der Waals surface area contributed by atoms with Gasteiger partial charge in [-0.3, -0.25) is 14.0 Å². The van der Waals surface area contributed by atoms with Gasteiger partial charge in [-0.15, -0.1) is 0 Å². The monoisotopic (exact) mass is 986 g/mol. The Kier molecular flexibility index (Phi) is 13.6. The predicted octanol–water partition coefficient (Wildman–Crippen LogP) is 12.6. The smallest absolute Gasteiger partial charge is 0.414 e. The fourth-order valence-corrected chi connectivity index (χ4v) is 9.36. The number of rotatable bonds is 16. The molecule has 6 aromatic carbocycles. The molecule has 74 heavy (non-hydrogen) atoms. The summed E-state index contributed by atoms with van der Waals surface area (Å²) < 4.78 is 33.9. The first kappa shape index (κ1) is 48.0. The van der Waals surface area contributed by atoms with E-state index in [1.54, 1.807) is 17.6 Å². The van der Waals surface area contributed by atoms with Gasteiger partial charge in [0.25, 0.3) is 0 Å². The average Bonchev–Trinajstić information content (AvgIpc) is 4.05. The number of fused-ring (bicyclic) bond motifs is 4. The summed E-state index contributed by atoms with van der Waals surface area (Å²) in [4.78, 5) is 35.2. The standard InChI is InChI=1S/C60H58N8O6/c1-60(2,3)74-59(69)66(44-21-15-40(16-22-44)48-12-6-10-42-19-29-54(64-57(42)48)67-38-62-50-36-46(25-27-52(50)67)70-34-8-31-61)32-9-35-71-47-26-28-53-51(37-47)63-39-68(53)55-30-20-43-11-7-13-49(58(43)65-55)41-17-23-45(24-18-41)73-56-14-4-5-33-72-56/h6-7,10-13,15-30,36-39,56H,4-5,8-9,14,31-35,61H2,1-3H3. The van der Waals surface area contributed by atoms with Crippen molar-refractivity contribution in [3.63, 3.8) is 0 Å². The Balaban J connectivity index is 0.770. The number of amides is 1. The highest BCUT2D eigenvalue weighted by molar-refractivity contribution is 5.96. The number of carbonyl (C=O) groups excluding carboxylic acids is 1. The molecule has 5 heterocycles. The Bertz CT molecular complexity index is 3600. The number of nitrogens with two attached hydrogens (primary N) is 1. The number of benzene rings is 6. The van der Waals surface area contributed by atoms with E-state index in [9.17, 15) is 4.79 Å². The molecule has 10 aromatic rings. The zero-order valence-corrected chi connectivity index (χ0v) is 41.8. The van der Waals surface area contributed by atoms with E-state index in [4.69, 9.17) is 44.4 Å². The van der Waals surface area contributed by atoms with Gasteiger partial charge in [-0.05, 0) is 137 Å². The van der Waals surface area contributed by atoms with Gasteiger partial charge in [-0.25, -0.2) is 24.7 Å². The lowest BCUT2D eigenvalue weighted by molar-refractivity contribution is -0.105. The van der Waals surface area contributed by atoms with Crippen LogP contribution in [0, 0.1) is 0 Å². The van der Waals surface area contributed by atoms with E-state index in [0.29, 0.717) is 44.2 Å². The average molecular weight is 987 g/mol. The number of hydrogen-bond donors (Lipinski definition) is 1. The van der Waals surface area contributed by atoms with Crippen molar-refractivity contribution in [3.8, 4) is 51.1 Å². The van der Waals surface area contributed by atoms with Crippen molar-refractivity contribution in [2.45, 2.75) is 64.8 Å². The van der Waals surface area contributed by atoms with Crippen LogP contribution in [0.5, 0.6) is 17.2 Å². The molecule has 374 valence electrons. The van der Waals surface area contributed by atoms with E-state index in [1.165, 1.54) is 0 Å². The van der Waals surface area contributed by atoms with Crippen LogP contribution in [0.25, 0.3) is 77.8 Å². The Labute approximate surface area is 429 Å². The number of hydrogen-bond acceptors (Lipinski definition) is 11. The summed E-state index contributed by atoms with van der Waals surface area (Å²) in [5, 5.41) is 2.04. The van der Waals surface area contributed by atoms with Crippen LogP contribution in [0.3, 0.4) is 0 Å². The number of imidazole rings is 2. The normalized spacial score (nSPS) is 13.9. The first-order valence-corrected chi connectivity index (χ1v) is 25.3. The minimum atomic E-state index is -0.686. The van der Waals surface area contributed by atoms with Gasteiger partial charge in [-0.1, -0.05) is 60.7 Å². The second-order valence-electron chi connectivity index (χ2n) is 19.4. The number of carbonyl (C=O) groups is 1. The maximum Gasteiger partial charge on any atom is 0.414 e. The van der Waals surface area contributed by atoms with E-state index in [-0.39, 0.29) is 6.29 Å². The molecule has 0 radical (unpaired) electrons. The van der Waals surface area contributed by atoms with Gasteiger partial charge >= 0.3 is 6.09 Å². The molecule has 0 aliphatic carbocycles. The van der Waals surface area contributed by atoms with E-state index >= 15 is 0 Å². The Morgan fingerprint density at radius 3 is 1.76 bits per heavy atom. The molecule has 4 aromatic heterocycles. The Morgan fingerprint density at radius 1 is 0.662 bits per heavy atom. The predicted molar refractivity (Wildman–Crippen MR) is 291 cm³/mol. The molecule has 1 unspecified atom stereocenters. The van der Waals surface area contributed by atoms with Gasteiger partial charge in [0.05, 0.1) is 52.9 Å². The van der Waals surface area contributed by atoms with Crippen molar-refractivity contribution in [1.29, 1.82) is 0 Å². The fraction of sp³-hybridized carbons (Fsp3) is 0.250. The van der Waals surface area contributed by atoms with Gasteiger partial charge in [-0.2, -0.15) is 0 Å². The van der Waals surface area contributed by atoms with Gasteiger partial charge in [0.2, 0.25) is 0 Å². The number of nitrogens with zero attached hydrogens (tertiary/aromatic N) is 7. The fourth-order valence-electron chi connectivity index (χ4n) is 9.36. The zero-order valence-electron chi connectivity index (χ0n) is 41.8. The Morgan fingerprint density at radius 2 is 1.22 bits per heavy atom. The molecule has 1 amide bonds. The summed E-state index contributed by atoms with van der Waals surface area (Å²) in [6, 6.07) is 48.5. The van der Waals surface area contributed by atoms with Crippen LogP contribution in [-0.4, -0.2) is 80.0 Å². The largest absolute Gasteiger partial charge is 0.493 e. The summed E-state index contributed by atoms with van der Waals surface area (Å²) in [7, 11) is 0. The summed E-state index contributed by atoms with van der Waals surface area (Å²) in [6.45, 7) is 8.21. The maximum atomic E-state index is 13.8. The van der Waals surface area contributed by atoms with Gasteiger partial charge in [0.15, 0.2) is 6.29 Å². The summed E-state index contributed by atoms with van der Waals surface area (Å²) in [6.07, 6.45) is 7.38. The molecule has 1 atom stereocenters. The lowest BCUT2D eigenvalue weighted by Crippen LogP contribution is -2.38. The lowest BCUT2D eigenvalue weighted by Gasteiger charge is -2.27. The second-order valence-corrected chi connectivity index (χ2v) is 19.4. The minimum Gasteiger partial charge on any atom is -0.493 e. The van der Waals surface area contributed by atoms with E-state index in [1.807, 2.05) is 121 Å². The zero-order chi connectivity index (χ0) is 50.6. The van der Waals surface area contributed by atoms with Crippen molar-refractivity contribution in [2.75, 3.05) is 37.8 Å². The molecular formula is C60H58N8O6.